The van der Waals surface area contributed by atoms with Gasteiger partial charge in [-0.25, -0.2) is 0 Å². The van der Waals surface area contributed by atoms with Gasteiger partial charge in [0.25, 0.3) is 0 Å². The molecule has 0 aromatic rings. The summed E-state index contributed by atoms with van der Waals surface area (Å²) in [4.78, 5) is 45.9. The lowest BCUT2D eigenvalue weighted by Gasteiger charge is -2.19. The Balaban J connectivity index is 2.38. The minimum atomic E-state index is -0.995. The lowest BCUT2D eigenvalue weighted by molar-refractivity contribution is -0.143. The highest BCUT2D eigenvalue weighted by Crippen LogP contribution is 2.30. The Kier molecular flexibility index (Phi) is 1.67. The van der Waals surface area contributed by atoms with E-state index in [1.807, 2.05) is 5.32 Å². The van der Waals surface area contributed by atoms with Crippen LogP contribution in [0.2, 0.25) is 0 Å². The first-order valence-corrected chi connectivity index (χ1v) is 4.17. The van der Waals surface area contributed by atoms with E-state index in [2.05, 4.69) is 0 Å². The number of nitrogens with one attached hydrogen (secondary N) is 1. The lowest BCUT2D eigenvalue weighted by atomic mass is 9.88. The zero-order valence-corrected chi connectivity index (χ0v) is 7.44. The molecule has 2 atom stereocenters. The molecule has 6 heteroatoms. The predicted octanol–water partition coefficient (Wildman–Crippen LogP) is -1.74. The van der Waals surface area contributed by atoms with E-state index in [9.17, 15) is 19.2 Å². The van der Waals surface area contributed by atoms with E-state index in [0.29, 0.717) is 0 Å². The number of carbonyl (C=O) groups excluding carboxylic acids is 4. The number of rotatable bonds is 0. The maximum Gasteiger partial charge on any atom is 0.242 e. The number of hydrogen-bond donors (Lipinski definition) is 1. The zero-order chi connectivity index (χ0) is 10.5. The fourth-order valence-electron chi connectivity index (χ4n) is 1.85. The summed E-state index contributed by atoms with van der Waals surface area (Å²) >= 11 is 0. The molecular weight excluding hydrogens is 188 g/mol. The summed E-state index contributed by atoms with van der Waals surface area (Å²) in [5.41, 5.74) is 0. The molecule has 0 radical (unpaired) electrons. The summed E-state index contributed by atoms with van der Waals surface area (Å²) in [5, 5.41) is 2.04. The molecule has 2 aliphatic heterocycles. The van der Waals surface area contributed by atoms with Crippen LogP contribution in [-0.4, -0.2) is 35.6 Å². The molecular formula is C8H8N2O4. The van der Waals surface area contributed by atoms with Gasteiger partial charge in [0.1, 0.15) is 5.92 Å². The van der Waals surface area contributed by atoms with Crippen molar-refractivity contribution >= 4 is 23.6 Å². The second-order valence-corrected chi connectivity index (χ2v) is 3.44. The quantitative estimate of drug-likeness (QED) is 0.368. The van der Waals surface area contributed by atoms with Gasteiger partial charge in [-0.05, 0) is 0 Å². The van der Waals surface area contributed by atoms with E-state index in [4.69, 9.17) is 0 Å². The first kappa shape index (κ1) is 8.86. The molecule has 0 saturated carbocycles. The molecule has 0 aliphatic carbocycles. The molecule has 0 unspecified atom stereocenters. The van der Waals surface area contributed by atoms with E-state index in [0.717, 1.165) is 4.90 Å². The van der Waals surface area contributed by atoms with E-state index in [1.165, 1.54) is 7.05 Å². The smallest absolute Gasteiger partial charge is 0.242 e. The average Bonchev–Trinajstić information content (AvgIpc) is 2.31. The number of hydrogen-bond acceptors (Lipinski definition) is 4. The maximum atomic E-state index is 11.4. The van der Waals surface area contributed by atoms with Crippen molar-refractivity contribution in [3.8, 4) is 0 Å². The third kappa shape index (κ3) is 0.966. The van der Waals surface area contributed by atoms with Gasteiger partial charge in [-0.15, -0.1) is 0 Å². The van der Waals surface area contributed by atoms with Gasteiger partial charge in [0, 0.05) is 13.5 Å². The molecule has 2 saturated heterocycles. The topological polar surface area (TPSA) is 83.6 Å². The highest BCUT2D eigenvalue weighted by atomic mass is 16.2. The minimum Gasteiger partial charge on any atom is -0.296 e. The molecule has 1 N–H and O–H groups in total. The van der Waals surface area contributed by atoms with Crippen molar-refractivity contribution < 1.29 is 19.2 Å². The Bertz CT molecular complexity index is 362. The molecule has 2 aliphatic rings. The van der Waals surface area contributed by atoms with Crippen molar-refractivity contribution in [2.24, 2.45) is 11.8 Å². The Morgan fingerprint density at radius 1 is 1.21 bits per heavy atom. The second-order valence-electron chi connectivity index (χ2n) is 3.44. The van der Waals surface area contributed by atoms with Gasteiger partial charge >= 0.3 is 0 Å². The van der Waals surface area contributed by atoms with Crippen LogP contribution < -0.4 is 5.32 Å². The SMILES string of the molecule is CN1C(=O)[C@@H]2C(=O)NC(=O)C[C@H]2C1=O. The standard InChI is InChI=1S/C8H8N2O4/c1-10-7(13)3-2-4(11)9-6(12)5(3)8(10)14/h3,5H,2H2,1H3,(H,9,11,12)/t3-,5+/m1/s1. The molecule has 0 aromatic carbocycles. The number of amides is 4. The van der Waals surface area contributed by atoms with E-state index in [1.54, 1.807) is 0 Å². The Hall–Kier alpha value is -1.72. The Morgan fingerprint density at radius 3 is 2.50 bits per heavy atom. The van der Waals surface area contributed by atoms with E-state index >= 15 is 0 Å². The highest BCUT2D eigenvalue weighted by Gasteiger charge is 2.53. The number of fused-ring (bicyclic) bond motifs is 1. The van der Waals surface area contributed by atoms with E-state index < -0.39 is 35.5 Å². The van der Waals surface area contributed by atoms with Crippen LogP contribution in [0.1, 0.15) is 6.42 Å². The van der Waals surface area contributed by atoms with Gasteiger partial charge in [0.2, 0.25) is 23.6 Å². The largest absolute Gasteiger partial charge is 0.296 e. The molecule has 6 nitrogen and oxygen atoms in total. The third-order valence-corrected chi connectivity index (χ3v) is 2.60. The average molecular weight is 196 g/mol. The van der Waals surface area contributed by atoms with Gasteiger partial charge < -0.3 is 0 Å². The number of carbonyl (C=O) groups is 4. The monoisotopic (exact) mass is 196 g/mol. The van der Waals surface area contributed by atoms with Crippen molar-refractivity contribution in [3.63, 3.8) is 0 Å². The molecule has 14 heavy (non-hydrogen) atoms. The second kappa shape index (κ2) is 2.63. The van der Waals surface area contributed by atoms with Gasteiger partial charge in [-0.3, -0.25) is 29.4 Å². The van der Waals surface area contributed by atoms with Gasteiger partial charge in [-0.2, -0.15) is 0 Å². The molecule has 2 rings (SSSR count). The third-order valence-electron chi connectivity index (χ3n) is 2.60. The van der Waals surface area contributed by atoms with Gasteiger partial charge in [0.15, 0.2) is 0 Å². The Morgan fingerprint density at radius 2 is 1.86 bits per heavy atom. The highest BCUT2D eigenvalue weighted by molar-refractivity contribution is 6.19. The summed E-state index contributed by atoms with van der Waals surface area (Å²) in [7, 11) is 1.32. The van der Waals surface area contributed by atoms with E-state index in [-0.39, 0.29) is 6.42 Å². The zero-order valence-electron chi connectivity index (χ0n) is 7.44. The number of piperidine rings is 1. The van der Waals surface area contributed by atoms with Crippen LogP contribution >= 0.6 is 0 Å². The molecule has 4 amide bonds. The van der Waals surface area contributed by atoms with Crippen molar-refractivity contribution in [2.75, 3.05) is 7.05 Å². The first-order valence-electron chi connectivity index (χ1n) is 4.17. The van der Waals surface area contributed by atoms with Crippen LogP contribution in [0, 0.1) is 11.8 Å². The number of likely N-dealkylation sites (tertiary alicyclic amines) is 1. The molecule has 0 spiro atoms. The molecule has 2 heterocycles. The Labute approximate surface area is 79.2 Å². The van der Waals surface area contributed by atoms with Crippen LogP contribution in [-0.2, 0) is 19.2 Å². The van der Waals surface area contributed by atoms with Crippen LogP contribution in [0.25, 0.3) is 0 Å². The number of imide groups is 2. The van der Waals surface area contributed by atoms with Crippen LogP contribution in [0.4, 0.5) is 0 Å². The normalized spacial score (nSPS) is 31.9. The van der Waals surface area contributed by atoms with Crippen molar-refractivity contribution in [1.82, 2.24) is 10.2 Å². The summed E-state index contributed by atoms with van der Waals surface area (Å²) in [6.07, 6.45) is -0.0781. The summed E-state index contributed by atoms with van der Waals surface area (Å²) in [6, 6.07) is 0. The number of nitrogens with zero attached hydrogens (tertiary/aromatic N) is 1. The molecule has 0 aromatic heterocycles. The maximum absolute atomic E-state index is 11.4. The van der Waals surface area contributed by atoms with Crippen molar-refractivity contribution in [2.45, 2.75) is 6.42 Å². The summed E-state index contributed by atoms with van der Waals surface area (Å²) < 4.78 is 0. The van der Waals surface area contributed by atoms with Crippen LogP contribution in [0.5, 0.6) is 0 Å². The molecule has 74 valence electrons. The predicted molar refractivity (Wildman–Crippen MR) is 42.5 cm³/mol. The van der Waals surface area contributed by atoms with Crippen LogP contribution in [0.3, 0.4) is 0 Å². The van der Waals surface area contributed by atoms with Crippen molar-refractivity contribution in [3.05, 3.63) is 0 Å². The van der Waals surface area contributed by atoms with Crippen molar-refractivity contribution in [1.29, 1.82) is 0 Å². The summed E-state index contributed by atoms with van der Waals surface area (Å²) in [6.45, 7) is 0. The minimum absolute atomic E-state index is 0.0781. The fraction of sp³-hybridized carbons (Fsp3) is 0.500. The fourth-order valence-corrected chi connectivity index (χ4v) is 1.85. The lowest BCUT2D eigenvalue weighted by Crippen LogP contribution is -2.47. The molecule has 0 bridgehead atoms. The molecule has 2 fully saturated rings. The summed E-state index contributed by atoms with van der Waals surface area (Å²) in [5.74, 6) is -3.89. The van der Waals surface area contributed by atoms with Gasteiger partial charge in [0.05, 0.1) is 5.92 Å². The van der Waals surface area contributed by atoms with Gasteiger partial charge in [-0.1, -0.05) is 0 Å². The van der Waals surface area contributed by atoms with Crippen LogP contribution in [0.15, 0.2) is 0 Å². The first-order chi connectivity index (χ1) is 6.52.